The average molecular weight is 204 g/mol. The van der Waals surface area contributed by atoms with Gasteiger partial charge < -0.3 is 4.74 Å². The van der Waals surface area contributed by atoms with Gasteiger partial charge in [0.1, 0.15) is 11.7 Å². The minimum atomic E-state index is -0.959. The number of ether oxygens (including phenoxy) is 1. The van der Waals surface area contributed by atoms with Crippen LogP contribution in [0.2, 0.25) is 0 Å². The predicted octanol–water partition coefficient (Wildman–Crippen LogP) is 1.06. The molecule has 0 spiro atoms. The molecular formula is C11H8O4. The van der Waals surface area contributed by atoms with Gasteiger partial charge in [-0.1, -0.05) is 18.2 Å². The van der Waals surface area contributed by atoms with Crippen molar-refractivity contribution in [1.82, 2.24) is 0 Å². The molecule has 76 valence electrons. The summed E-state index contributed by atoms with van der Waals surface area (Å²) < 4.78 is 4.49. The van der Waals surface area contributed by atoms with E-state index in [1.165, 1.54) is 6.92 Å². The average Bonchev–Trinajstić information content (AvgIpc) is 2.17. The molecule has 0 bridgehead atoms. The molecule has 0 radical (unpaired) electrons. The molecule has 1 aromatic carbocycles. The summed E-state index contributed by atoms with van der Waals surface area (Å²) in [6.07, 6.45) is 0. The van der Waals surface area contributed by atoms with Gasteiger partial charge in [-0.3, -0.25) is 9.59 Å². The van der Waals surface area contributed by atoms with E-state index in [9.17, 15) is 14.4 Å². The highest BCUT2D eigenvalue weighted by Gasteiger charge is 2.37. The summed E-state index contributed by atoms with van der Waals surface area (Å²) in [6.45, 7) is 1.30. The molecule has 0 aliphatic carbocycles. The van der Waals surface area contributed by atoms with Gasteiger partial charge in [-0.2, -0.15) is 0 Å². The minimum absolute atomic E-state index is 0.289. The maximum absolute atomic E-state index is 11.3. The summed E-state index contributed by atoms with van der Waals surface area (Å²) in [7, 11) is 0. The van der Waals surface area contributed by atoms with Gasteiger partial charge in [0, 0.05) is 0 Å². The molecule has 1 unspecified atom stereocenters. The third kappa shape index (κ3) is 1.44. The molecule has 1 aliphatic heterocycles. The monoisotopic (exact) mass is 204 g/mol. The number of fused-ring (bicyclic) bond motifs is 1. The molecule has 0 N–H and O–H groups in total. The second-order valence-corrected chi connectivity index (χ2v) is 3.34. The highest BCUT2D eigenvalue weighted by Crippen LogP contribution is 2.27. The van der Waals surface area contributed by atoms with Crippen molar-refractivity contribution in [3.63, 3.8) is 0 Å². The topological polar surface area (TPSA) is 60.4 Å². The summed E-state index contributed by atoms with van der Waals surface area (Å²) in [5.74, 6) is -2.75. The lowest BCUT2D eigenvalue weighted by atomic mass is 9.89. The second kappa shape index (κ2) is 3.31. The Balaban J connectivity index is 2.61. The first-order chi connectivity index (χ1) is 7.11. The van der Waals surface area contributed by atoms with Crippen LogP contribution in [0.15, 0.2) is 24.3 Å². The Morgan fingerprint density at radius 1 is 1.27 bits per heavy atom. The van der Waals surface area contributed by atoms with Crippen molar-refractivity contribution in [2.75, 3.05) is 0 Å². The number of rotatable bonds is 1. The number of cyclic esters (lactones) is 2. The number of carbonyl (C=O) groups is 3. The zero-order chi connectivity index (χ0) is 11.0. The van der Waals surface area contributed by atoms with Gasteiger partial charge in [-0.05, 0) is 18.6 Å². The van der Waals surface area contributed by atoms with Crippen LogP contribution in [0.25, 0.3) is 0 Å². The fourth-order valence-corrected chi connectivity index (χ4v) is 1.65. The number of carbonyl (C=O) groups excluding carboxylic acids is 3. The molecule has 1 heterocycles. The van der Waals surface area contributed by atoms with Crippen LogP contribution in [0.5, 0.6) is 0 Å². The van der Waals surface area contributed by atoms with E-state index >= 15 is 0 Å². The van der Waals surface area contributed by atoms with Gasteiger partial charge in [-0.15, -0.1) is 0 Å². The van der Waals surface area contributed by atoms with Crippen LogP contribution in [0.3, 0.4) is 0 Å². The number of esters is 2. The number of Topliss-reactive ketones (excluding diaryl/α,β-unsaturated/α-hetero) is 1. The highest BCUT2D eigenvalue weighted by atomic mass is 16.6. The largest absolute Gasteiger partial charge is 0.389 e. The fraction of sp³-hybridized carbons (Fsp3) is 0.182. The van der Waals surface area contributed by atoms with E-state index in [4.69, 9.17) is 0 Å². The first-order valence-electron chi connectivity index (χ1n) is 4.46. The van der Waals surface area contributed by atoms with Crippen molar-refractivity contribution in [2.45, 2.75) is 12.8 Å². The summed E-state index contributed by atoms with van der Waals surface area (Å²) >= 11 is 0. The van der Waals surface area contributed by atoms with Crippen molar-refractivity contribution in [3.05, 3.63) is 35.4 Å². The fourth-order valence-electron chi connectivity index (χ4n) is 1.65. The van der Waals surface area contributed by atoms with Crippen LogP contribution in [-0.4, -0.2) is 17.7 Å². The lowest BCUT2D eigenvalue weighted by Gasteiger charge is -2.20. The van der Waals surface area contributed by atoms with Gasteiger partial charge in [0.15, 0.2) is 0 Å². The second-order valence-electron chi connectivity index (χ2n) is 3.34. The normalized spacial score (nSPS) is 19.4. The smallest absolute Gasteiger partial charge is 0.346 e. The molecule has 2 rings (SSSR count). The standard InChI is InChI=1S/C11H8O4/c1-6(12)9-7-4-2-3-5-8(7)10(13)15-11(9)14/h2-5,9H,1H3. The number of hydrogen-bond acceptors (Lipinski definition) is 4. The zero-order valence-corrected chi connectivity index (χ0v) is 8.02. The van der Waals surface area contributed by atoms with E-state index in [0.717, 1.165) is 0 Å². The zero-order valence-electron chi connectivity index (χ0n) is 8.02. The third-order valence-corrected chi connectivity index (χ3v) is 2.33. The molecule has 0 saturated heterocycles. The molecule has 0 amide bonds. The SMILES string of the molecule is CC(=O)C1C(=O)OC(=O)c2ccccc21. The minimum Gasteiger partial charge on any atom is -0.389 e. The van der Waals surface area contributed by atoms with E-state index in [1.54, 1.807) is 24.3 Å². The van der Waals surface area contributed by atoms with Crippen LogP contribution in [-0.2, 0) is 14.3 Å². The van der Waals surface area contributed by atoms with Gasteiger partial charge in [0.2, 0.25) is 0 Å². The van der Waals surface area contributed by atoms with E-state index in [1.807, 2.05) is 0 Å². The van der Waals surface area contributed by atoms with Crippen LogP contribution in [0.4, 0.5) is 0 Å². The van der Waals surface area contributed by atoms with Gasteiger partial charge >= 0.3 is 11.9 Å². The number of hydrogen-bond donors (Lipinski definition) is 0. The third-order valence-electron chi connectivity index (χ3n) is 2.33. The number of benzene rings is 1. The summed E-state index contributed by atoms with van der Waals surface area (Å²) in [5, 5.41) is 0. The van der Waals surface area contributed by atoms with Crippen molar-refractivity contribution in [3.8, 4) is 0 Å². The Kier molecular flexibility index (Phi) is 2.11. The van der Waals surface area contributed by atoms with E-state index in [-0.39, 0.29) is 11.3 Å². The van der Waals surface area contributed by atoms with Crippen LogP contribution in [0, 0.1) is 0 Å². The Hall–Kier alpha value is -1.97. The van der Waals surface area contributed by atoms with Gasteiger partial charge in [0.25, 0.3) is 0 Å². The molecule has 0 saturated carbocycles. The van der Waals surface area contributed by atoms with Crippen LogP contribution >= 0.6 is 0 Å². The molecule has 0 fully saturated rings. The molecule has 4 nitrogen and oxygen atoms in total. The Labute approximate surface area is 85.8 Å². The molecular weight excluding hydrogens is 196 g/mol. The van der Waals surface area contributed by atoms with Gasteiger partial charge in [0.05, 0.1) is 5.56 Å². The van der Waals surface area contributed by atoms with E-state index in [2.05, 4.69) is 4.74 Å². The van der Waals surface area contributed by atoms with Crippen molar-refractivity contribution in [1.29, 1.82) is 0 Å². The van der Waals surface area contributed by atoms with Crippen LogP contribution in [0.1, 0.15) is 28.8 Å². The number of ketones is 1. The molecule has 0 aromatic heterocycles. The lowest BCUT2D eigenvalue weighted by molar-refractivity contribution is -0.143. The molecule has 1 atom stereocenters. The molecule has 1 aromatic rings. The van der Waals surface area contributed by atoms with Crippen LogP contribution < -0.4 is 0 Å². The molecule has 4 heteroatoms. The van der Waals surface area contributed by atoms with Crippen molar-refractivity contribution < 1.29 is 19.1 Å². The van der Waals surface area contributed by atoms with E-state index in [0.29, 0.717) is 5.56 Å². The predicted molar refractivity (Wildman–Crippen MR) is 50.3 cm³/mol. The van der Waals surface area contributed by atoms with Crippen molar-refractivity contribution in [2.24, 2.45) is 0 Å². The van der Waals surface area contributed by atoms with Crippen molar-refractivity contribution >= 4 is 17.7 Å². The Morgan fingerprint density at radius 3 is 2.60 bits per heavy atom. The first-order valence-corrected chi connectivity index (χ1v) is 4.46. The lowest BCUT2D eigenvalue weighted by Crippen LogP contribution is -2.31. The Bertz CT molecular complexity index is 461. The Morgan fingerprint density at radius 2 is 1.93 bits per heavy atom. The summed E-state index contributed by atoms with van der Waals surface area (Å²) in [6, 6.07) is 6.48. The summed E-state index contributed by atoms with van der Waals surface area (Å²) in [5.41, 5.74) is 0.726. The maximum Gasteiger partial charge on any atom is 0.346 e. The molecule has 1 aliphatic rings. The quantitative estimate of drug-likeness (QED) is 0.506. The van der Waals surface area contributed by atoms with Gasteiger partial charge in [-0.25, -0.2) is 4.79 Å². The summed E-state index contributed by atoms with van der Waals surface area (Å²) in [4.78, 5) is 33.9. The molecule has 15 heavy (non-hydrogen) atoms. The maximum atomic E-state index is 11.3. The highest BCUT2D eigenvalue weighted by molar-refractivity contribution is 6.13. The van der Waals surface area contributed by atoms with E-state index < -0.39 is 17.9 Å². The first kappa shape index (κ1) is 9.58.